The molecule has 1 aromatic rings. The van der Waals surface area contributed by atoms with Crippen molar-refractivity contribution < 1.29 is 0 Å². The van der Waals surface area contributed by atoms with Gasteiger partial charge in [-0.05, 0) is 50.8 Å². The van der Waals surface area contributed by atoms with Crippen molar-refractivity contribution in [3.63, 3.8) is 0 Å². The number of benzene rings is 1. The van der Waals surface area contributed by atoms with Crippen LogP contribution in [0, 0.1) is 0 Å². The van der Waals surface area contributed by atoms with Crippen LogP contribution in [0.25, 0.3) is 0 Å². The standard InChI is InChI=1S/C17H28N2/c1-3-4-12-19(2)17-13-15(10-11-16(17)18)14-8-6-5-7-9-14/h5-9,15-17H,3-4,10-13,18H2,1-2H3. The van der Waals surface area contributed by atoms with Gasteiger partial charge in [0.25, 0.3) is 0 Å². The zero-order valence-electron chi connectivity index (χ0n) is 12.4. The first-order valence-electron chi connectivity index (χ1n) is 7.73. The number of rotatable bonds is 5. The molecule has 1 fully saturated rings. The summed E-state index contributed by atoms with van der Waals surface area (Å²) in [5, 5.41) is 0. The molecule has 0 spiro atoms. The Kier molecular flexibility index (Phi) is 5.41. The minimum Gasteiger partial charge on any atom is -0.326 e. The van der Waals surface area contributed by atoms with Crippen molar-refractivity contribution in [3.05, 3.63) is 35.9 Å². The summed E-state index contributed by atoms with van der Waals surface area (Å²) in [5.74, 6) is 0.690. The predicted octanol–water partition coefficient (Wildman–Crippen LogP) is 3.38. The van der Waals surface area contributed by atoms with E-state index in [-0.39, 0.29) is 0 Å². The molecule has 2 rings (SSSR count). The van der Waals surface area contributed by atoms with Crippen LogP contribution in [0.15, 0.2) is 30.3 Å². The van der Waals surface area contributed by atoms with E-state index in [2.05, 4.69) is 49.2 Å². The van der Waals surface area contributed by atoms with Gasteiger partial charge in [-0.2, -0.15) is 0 Å². The van der Waals surface area contributed by atoms with Gasteiger partial charge in [-0.1, -0.05) is 43.7 Å². The Morgan fingerprint density at radius 3 is 2.63 bits per heavy atom. The van der Waals surface area contributed by atoms with Gasteiger partial charge < -0.3 is 10.6 Å². The highest BCUT2D eigenvalue weighted by atomic mass is 15.1. The summed E-state index contributed by atoms with van der Waals surface area (Å²) in [6.07, 6.45) is 6.14. The average Bonchev–Trinajstić information content (AvgIpc) is 2.46. The zero-order chi connectivity index (χ0) is 13.7. The van der Waals surface area contributed by atoms with Gasteiger partial charge in [0.05, 0.1) is 0 Å². The highest BCUT2D eigenvalue weighted by Crippen LogP contribution is 2.34. The van der Waals surface area contributed by atoms with Gasteiger partial charge in [0.1, 0.15) is 0 Å². The number of nitrogens with zero attached hydrogens (tertiary/aromatic N) is 1. The molecular weight excluding hydrogens is 232 g/mol. The highest BCUT2D eigenvalue weighted by molar-refractivity contribution is 5.20. The fourth-order valence-electron chi connectivity index (χ4n) is 3.28. The summed E-state index contributed by atoms with van der Waals surface area (Å²) in [5.41, 5.74) is 7.84. The van der Waals surface area contributed by atoms with Crippen molar-refractivity contribution >= 4 is 0 Å². The van der Waals surface area contributed by atoms with Gasteiger partial charge in [-0.3, -0.25) is 0 Å². The lowest BCUT2D eigenvalue weighted by Gasteiger charge is -2.40. The maximum absolute atomic E-state index is 6.35. The van der Waals surface area contributed by atoms with Crippen LogP contribution in [-0.2, 0) is 0 Å². The first kappa shape index (κ1) is 14.5. The fraction of sp³-hybridized carbons (Fsp3) is 0.647. The monoisotopic (exact) mass is 260 g/mol. The van der Waals surface area contributed by atoms with E-state index in [1.165, 1.54) is 37.8 Å². The molecule has 1 saturated carbocycles. The van der Waals surface area contributed by atoms with E-state index >= 15 is 0 Å². The molecule has 19 heavy (non-hydrogen) atoms. The lowest BCUT2D eigenvalue weighted by atomic mass is 9.78. The minimum atomic E-state index is 0.349. The van der Waals surface area contributed by atoms with E-state index in [4.69, 9.17) is 5.73 Å². The van der Waals surface area contributed by atoms with Gasteiger partial charge in [-0.25, -0.2) is 0 Å². The Labute approximate surface area is 118 Å². The van der Waals surface area contributed by atoms with Gasteiger partial charge in [0.15, 0.2) is 0 Å². The van der Waals surface area contributed by atoms with E-state index in [9.17, 15) is 0 Å². The molecule has 2 N–H and O–H groups in total. The molecule has 3 unspecified atom stereocenters. The number of hydrogen-bond acceptors (Lipinski definition) is 2. The van der Waals surface area contributed by atoms with Crippen LogP contribution in [0.4, 0.5) is 0 Å². The highest BCUT2D eigenvalue weighted by Gasteiger charge is 2.31. The quantitative estimate of drug-likeness (QED) is 0.879. The number of hydrogen-bond donors (Lipinski definition) is 1. The van der Waals surface area contributed by atoms with Crippen molar-refractivity contribution in [2.45, 2.75) is 57.0 Å². The Hall–Kier alpha value is -0.860. The summed E-state index contributed by atoms with van der Waals surface area (Å²) < 4.78 is 0. The van der Waals surface area contributed by atoms with E-state index in [0.717, 1.165) is 6.42 Å². The summed E-state index contributed by atoms with van der Waals surface area (Å²) in [7, 11) is 2.24. The third-order valence-corrected chi connectivity index (χ3v) is 4.57. The molecule has 3 atom stereocenters. The number of likely N-dealkylation sites (N-methyl/N-ethyl adjacent to an activating group) is 1. The third kappa shape index (κ3) is 3.80. The molecule has 0 amide bonds. The van der Waals surface area contributed by atoms with Gasteiger partial charge in [0, 0.05) is 12.1 Å². The van der Waals surface area contributed by atoms with Crippen LogP contribution in [0.2, 0.25) is 0 Å². The third-order valence-electron chi connectivity index (χ3n) is 4.57. The topological polar surface area (TPSA) is 29.3 Å². The molecular formula is C17H28N2. The zero-order valence-corrected chi connectivity index (χ0v) is 12.4. The van der Waals surface area contributed by atoms with Crippen molar-refractivity contribution in [2.75, 3.05) is 13.6 Å². The second kappa shape index (κ2) is 7.06. The van der Waals surface area contributed by atoms with Gasteiger partial charge in [0.2, 0.25) is 0 Å². The Balaban J connectivity index is 1.99. The van der Waals surface area contributed by atoms with Crippen molar-refractivity contribution in [1.82, 2.24) is 4.90 Å². The minimum absolute atomic E-state index is 0.349. The van der Waals surface area contributed by atoms with Gasteiger partial charge in [-0.15, -0.1) is 0 Å². The van der Waals surface area contributed by atoms with E-state index in [1.807, 2.05) is 0 Å². The van der Waals surface area contributed by atoms with E-state index in [0.29, 0.717) is 18.0 Å². The van der Waals surface area contributed by atoms with E-state index in [1.54, 1.807) is 0 Å². The molecule has 2 nitrogen and oxygen atoms in total. The number of nitrogens with two attached hydrogens (primary N) is 1. The molecule has 0 heterocycles. The SMILES string of the molecule is CCCCN(C)C1CC(c2ccccc2)CCC1N. The second-order valence-electron chi connectivity index (χ2n) is 5.99. The Morgan fingerprint density at radius 1 is 1.21 bits per heavy atom. The molecule has 0 bridgehead atoms. The predicted molar refractivity (Wildman–Crippen MR) is 82.3 cm³/mol. The smallest absolute Gasteiger partial charge is 0.0249 e. The van der Waals surface area contributed by atoms with Crippen molar-refractivity contribution in [2.24, 2.45) is 5.73 Å². The normalized spacial score (nSPS) is 27.7. The molecule has 0 radical (unpaired) electrons. The summed E-state index contributed by atoms with van der Waals surface area (Å²) in [6.45, 7) is 3.43. The lowest BCUT2D eigenvalue weighted by Crippen LogP contribution is -2.49. The van der Waals surface area contributed by atoms with Crippen LogP contribution in [0.3, 0.4) is 0 Å². The van der Waals surface area contributed by atoms with Crippen LogP contribution < -0.4 is 5.73 Å². The lowest BCUT2D eigenvalue weighted by molar-refractivity contribution is 0.155. The summed E-state index contributed by atoms with van der Waals surface area (Å²) in [6, 6.07) is 11.8. The summed E-state index contributed by atoms with van der Waals surface area (Å²) >= 11 is 0. The van der Waals surface area contributed by atoms with Gasteiger partial charge >= 0.3 is 0 Å². The average molecular weight is 260 g/mol. The largest absolute Gasteiger partial charge is 0.326 e. The molecule has 0 aliphatic heterocycles. The summed E-state index contributed by atoms with van der Waals surface area (Å²) in [4.78, 5) is 2.49. The van der Waals surface area contributed by atoms with Crippen LogP contribution in [0.5, 0.6) is 0 Å². The Bertz CT molecular complexity index is 363. The van der Waals surface area contributed by atoms with Crippen molar-refractivity contribution in [1.29, 1.82) is 0 Å². The van der Waals surface area contributed by atoms with Crippen LogP contribution in [0.1, 0.15) is 50.5 Å². The van der Waals surface area contributed by atoms with Crippen LogP contribution in [-0.4, -0.2) is 30.6 Å². The molecule has 0 saturated heterocycles. The first-order chi connectivity index (χ1) is 9.22. The van der Waals surface area contributed by atoms with Crippen molar-refractivity contribution in [3.8, 4) is 0 Å². The fourth-order valence-corrected chi connectivity index (χ4v) is 3.28. The maximum Gasteiger partial charge on any atom is 0.0249 e. The molecule has 0 aromatic heterocycles. The maximum atomic E-state index is 6.35. The Morgan fingerprint density at radius 2 is 1.95 bits per heavy atom. The molecule has 106 valence electrons. The first-order valence-corrected chi connectivity index (χ1v) is 7.73. The van der Waals surface area contributed by atoms with E-state index < -0.39 is 0 Å². The molecule has 1 aliphatic carbocycles. The van der Waals surface area contributed by atoms with Crippen LogP contribution >= 0.6 is 0 Å². The molecule has 1 aliphatic rings. The number of unbranched alkanes of at least 4 members (excludes halogenated alkanes) is 1. The molecule has 2 heteroatoms. The second-order valence-corrected chi connectivity index (χ2v) is 5.99. The molecule has 1 aromatic carbocycles.